The van der Waals surface area contributed by atoms with E-state index in [-0.39, 0.29) is 5.91 Å². The van der Waals surface area contributed by atoms with E-state index in [1.807, 2.05) is 35.4 Å². The molecule has 0 bridgehead atoms. The smallest absolute Gasteiger partial charge is 0.223 e. The summed E-state index contributed by atoms with van der Waals surface area (Å²) in [6.45, 7) is 2.40. The summed E-state index contributed by atoms with van der Waals surface area (Å²) in [6, 6.07) is 8.20. The van der Waals surface area contributed by atoms with Crippen molar-refractivity contribution in [2.24, 2.45) is 0 Å². The molecular weight excluding hydrogens is 340 g/mol. The zero-order valence-electron chi connectivity index (χ0n) is 15.8. The van der Waals surface area contributed by atoms with E-state index in [9.17, 15) is 4.79 Å². The van der Waals surface area contributed by atoms with Gasteiger partial charge >= 0.3 is 0 Å². The van der Waals surface area contributed by atoms with Gasteiger partial charge in [-0.15, -0.1) is 0 Å². The largest absolute Gasteiger partial charge is 0.497 e. The molecule has 2 aromatic rings. The first-order valence-electron chi connectivity index (χ1n) is 9.71. The van der Waals surface area contributed by atoms with Crippen LogP contribution in [-0.4, -0.2) is 41.0 Å². The first-order valence-corrected chi connectivity index (χ1v) is 9.71. The number of hydrogen-bond donors (Lipinski definition) is 1. The fourth-order valence-corrected chi connectivity index (χ4v) is 3.82. The SMILES string of the molecule is COc1ccc(CCC(=O)N2CCc3nc([C@@H]4CCCN4)ncc3C2)cc1. The van der Waals surface area contributed by atoms with Gasteiger partial charge in [0.15, 0.2) is 0 Å². The summed E-state index contributed by atoms with van der Waals surface area (Å²) in [4.78, 5) is 23.9. The second-order valence-electron chi connectivity index (χ2n) is 7.26. The molecule has 0 saturated carbocycles. The van der Waals surface area contributed by atoms with Crippen LogP contribution in [0.15, 0.2) is 30.5 Å². The average Bonchev–Trinajstić information content (AvgIpc) is 3.26. The Morgan fingerprint density at radius 2 is 2.19 bits per heavy atom. The highest BCUT2D eigenvalue weighted by molar-refractivity contribution is 5.76. The van der Waals surface area contributed by atoms with Crippen LogP contribution in [-0.2, 0) is 24.2 Å². The number of aromatic nitrogens is 2. The molecule has 1 N–H and O–H groups in total. The van der Waals surface area contributed by atoms with Crippen LogP contribution in [0.1, 0.15) is 47.9 Å². The predicted molar refractivity (Wildman–Crippen MR) is 102 cm³/mol. The number of nitrogens with zero attached hydrogens (tertiary/aromatic N) is 3. The number of fused-ring (bicyclic) bond motifs is 1. The van der Waals surface area contributed by atoms with Crippen molar-refractivity contribution in [2.45, 2.75) is 44.7 Å². The van der Waals surface area contributed by atoms with Crippen LogP contribution in [0, 0.1) is 0 Å². The topological polar surface area (TPSA) is 67.3 Å². The van der Waals surface area contributed by atoms with Crippen LogP contribution >= 0.6 is 0 Å². The van der Waals surface area contributed by atoms with Crippen molar-refractivity contribution >= 4 is 5.91 Å². The molecule has 1 atom stereocenters. The summed E-state index contributed by atoms with van der Waals surface area (Å²) in [7, 11) is 1.66. The molecule has 0 unspecified atom stereocenters. The fraction of sp³-hybridized carbons (Fsp3) is 0.476. The molecule has 0 aliphatic carbocycles. The van der Waals surface area contributed by atoms with Gasteiger partial charge in [0.1, 0.15) is 11.6 Å². The number of hydrogen-bond acceptors (Lipinski definition) is 5. The van der Waals surface area contributed by atoms with E-state index in [1.165, 1.54) is 6.42 Å². The van der Waals surface area contributed by atoms with Gasteiger partial charge in [-0.3, -0.25) is 4.79 Å². The highest BCUT2D eigenvalue weighted by Gasteiger charge is 2.24. The normalized spacial score (nSPS) is 19.0. The van der Waals surface area contributed by atoms with Crippen LogP contribution in [0.25, 0.3) is 0 Å². The van der Waals surface area contributed by atoms with E-state index in [0.29, 0.717) is 19.0 Å². The summed E-state index contributed by atoms with van der Waals surface area (Å²) in [6.07, 6.45) is 6.28. The fourth-order valence-electron chi connectivity index (χ4n) is 3.82. The molecule has 3 heterocycles. The maximum absolute atomic E-state index is 12.6. The number of carbonyl (C=O) groups is 1. The van der Waals surface area contributed by atoms with Gasteiger partial charge in [0.25, 0.3) is 0 Å². The molecule has 1 aromatic carbocycles. The lowest BCUT2D eigenvalue weighted by Crippen LogP contribution is -2.37. The summed E-state index contributed by atoms with van der Waals surface area (Å²) in [5, 5.41) is 3.45. The molecule has 1 fully saturated rings. The lowest BCUT2D eigenvalue weighted by Gasteiger charge is -2.28. The van der Waals surface area contributed by atoms with Gasteiger partial charge < -0.3 is 15.0 Å². The van der Waals surface area contributed by atoms with E-state index >= 15 is 0 Å². The number of carbonyl (C=O) groups excluding carboxylic acids is 1. The number of methoxy groups -OCH3 is 1. The van der Waals surface area contributed by atoms with Crippen LogP contribution in [0.2, 0.25) is 0 Å². The molecule has 1 amide bonds. The monoisotopic (exact) mass is 366 g/mol. The maximum atomic E-state index is 12.6. The van der Waals surface area contributed by atoms with Crippen LogP contribution < -0.4 is 10.1 Å². The molecule has 142 valence electrons. The molecule has 6 nitrogen and oxygen atoms in total. The molecule has 1 aromatic heterocycles. The minimum atomic E-state index is 0.193. The van der Waals surface area contributed by atoms with Crippen molar-refractivity contribution in [3.8, 4) is 5.75 Å². The zero-order chi connectivity index (χ0) is 18.6. The van der Waals surface area contributed by atoms with Crippen LogP contribution in [0.3, 0.4) is 0 Å². The number of amides is 1. The van der Waals surface area contributed by atoms with E-state index in [2.05, 4.69) is 10.3 Å². The van der Waals surface area contributed by atoms with Crippen molar-refractivity contribution < 1.29 is 9.53 Å². The van der Waals surface area contributed by atoms with Gasteiger partial charge in [-0.05, 0) is 43.5 Å². The van der Waals surface area contributed by atoms with Crippen LogP contribution in [0.4, 0.5) is 0 Å². The third-order valence-electron chi connectivity index (χ3n) is 5.46. The molecule has 0 radical (unpaired) electrons. The third kappa shape index (κ3) is 4.11. The highest BCUT2D eigenvalue weighted by Crippen LogP contribution is 2.23. The van der Waals surface area contributed by atoms with Gasteiger partial charge in [0, 0.05) is 37.7 Å². The number of benzene rings is 1. The predicted octanol–water partition coefficient (Wildman–Crippen LogP) is 2.43. The van der Waals surface area contributed by atoms with Crippen molar-refractivity contribution in [2.75, 3.05) is 20.2 Å². The minimum Gasteiger partial charge on any atom is -0.497 e. The number of aryl methyl sites for hydroxylation is 1. The summed E-state index contributed by atoms with van der Waals surface area (Å²) in [5.74, 6) is 1.94. The Kier molecular flexibility index (Phi) is 5.34. The molecule has 4 rings (SSSR count). The quantitative estimate of drug-likeness (QED) is 0.880. The highest BCUT2D eigenvalue weighted by atomic mass is 16.5. The molecule has 2 aliphatic heterocycles. The third-order valence-corrected chi connectivity index (χ3v) is 5.46. The van der Waals surface area contributed by atoms with E-state index < -0.39 is 0 Å². The number of rotatable bonds is 5. The zero-order valence-corrected chi connectivity index (χ0v) is 15.8. The minimum absolute atomic E-state index is 0.193. The Bertz CT molecular complexity index is 800. The van der Waals surface area contributed by atoms with E-state index in [0.717, 1.165) is 60.7 Å². The van der Waals surface area contributed by atoms with E-state index in [1.54, 1.807) is 7.11 Å². The Morgan fingerprint density at radius 1 is 1.33 bits per heavy atom. The van der Waals surface area contributed by atoms with Crippen molar-refractivity contribution in [3.05, 3.63) is 53.1 Å². The Hall–Kier alpha value is -2.47. The van der Waals surface area contributed by atoms with Gasteiger partial charge in [-0.2, -0.15) is 0 Å². The summed E-state index contributed by atoms with van der Waals surface area (Å²) < 4.78 is 5.17. The first-order chi connectivity index (χ1) is 13.2. The lowest BCUT2D eigenvalue weighted by molar-refractivity contribution is -0.132. The standard InChI is InChI=1S/C21H26N4O2/c1-27-17-7-4-15(5-8-17)6-9-20(26)25-12-10-18-16(14-25)13-23-21(24-18)19-3-2-11-22-19/h4-5,7-8,13,19,22H,2-3,6,9-12,14H2,1H3/t19-/m0/s1. The molecule has 1 saturated heterocycles. The molecule has 6 heteroatoms. The molecule has 27 heavy (non-hydrogen) atoms. The number of nitrogens with one attached hydrogen (secondary N) is 1. The maximum Gasteiger partial charge on any atom is 0.223 e. The van der Waals surface area contributed by atoms with Gasteiger partial charge in [-0.25, -0.2) is 9.97 Å². The van der Waals surface area contributed by atoms with E-state index in [4.69, 9.17) is 9.72 Å². The summed E-state index contributed by atoms with van der Waals surface area (Å²) in [5.41, 5.74) is 3.34. The second kappa shape index (κ2) is 8.05. The van der Waals surface area contributed by atoms with Crippen LogP contribution in [0.5, 0.6) is 5.75 Å². The first kappa shape index (κ1) is 17.9. The summed E-state index contributed by atoms with van der Waals surface area (Å²) >= 11 is 0. The molecular formula is C21H26N4O2. The van der Waals surface area contributed by atoms with Gasteiger partial charge in [-0.1, -0.05) is 12.1 Å². The lowest BCUT2D eigenvalue weighted by atomic mass is 10.0. The van der Waals surface area contributed by atoms with Gasteiger partial charge in [0.2, 0.25) is 5.91 Å². The van der Waals surface area contributed by atoms with Crippen molar-refractivity contribution in [3.63, 3.8) is 0 Å². The average molecular weight is 366 g/mol. The number of ether oxygens (including phenoxy) is 1. The Morgan fingerprint density at radius 3 is 2.93 bits per heavy atom. The Balaban J connectivity index is 1.34. The van der Waals surface area contributed by atoms with Crippen molar-refractivity contribution in [1.29, 1.82) is 0 Å². The second-order valence-corrected chi connectivity index (χ2v) is 7.26. The molecule has 2 aliphatic rings. The molecule has 0 spiro atoms. The Labute approximate surface area is 160 Å². The van der Waals surface area contributed by atoms with Crippen molar-refractivity contribution in [1.82, 2.24) is 20.2 Å². The van der Waals surface area contributed by atoms with Gasteiger partial charge in [0.05, 0.1) is 18.8 Å².